The number of methoxy groups -OCH3 is 1. The molecule has 1 amide bonds. The first kappa shape index (κ1) is 14.0. The van der Waals surface area contributed by atoms with E-state index in [2.05, 4.69) is 5.32 Å². The highest BCUT2D eigenvalue weighted by Crippen LogP contribution is 2.31. The van der Waals surface area contributed by atoms with Gasteiger partial charge in [-0.3, -0.25) is 9.59 Å². The Hall–Kier alpha value is -1.10. The van der Waals surface area contributed by atoms with Gasteiger partial charge in [-0.1, -0.05) is 19.3 Å². The van der Waals surface area contributed by atoms with Crippen LogP contribution in [0.25, 0.3) is 0 Å². The minimum absolute atomic E-state index is 0.0640. The summed E-state index contributed by atoms with van der Waals surface area (Å²) in [6.07, 6.45) is 4.46. The Morgan fingerprint density at radius 3 is 2.41 bits per heavy atom. The molecule has 0 aromatic carbocycles. The number of rotatable bonds is 5. The van der Waals surface area contributed by atoms with Gasteiger partial charge in [0.25, 0.3) is 5.91 Å². The molecule has 0 radical (unpaired) electrons. The van der Waals surface area contributed by atoms with Gasteiger partial charge in [-0.15, -0.1) is 0 Å². The first-order chi connectivity index (χ1) is 8.00. The topological polar surface area (TPSA) is 75.6 Å². The zero-order valence-electron chi connectivity index (χ0n) is 10.5. The summed E-state index contributed by atoms with van der Waals surface area (Å²) >= 11 is 0. The van der Waals surface area contributed by atoms with Crippen LogP contribution in [0, 0.1) is 0 Å². The fourth-order valence-electron chi connectivity index (χ4n) is 2.32. The number of hydrogen-bond acceptors (Lipinski definition) is 3. The monoisotopic (exact) mass is 243 g/mol. The molecule has 17 heavy (non-hydrogen) atoms. The fraction of sp³-hybridized carbons (Fsp3) is 0.833. The van der Waals surface area contributed by atoms with Gasteiger partial charge in [0.15, 0.2) is 0 Å². The van der Waals surface area contributed by atoms with Gasteiger partial charge >= 0.3 is 5.97 Å². The van der Waals surface area contributed by atoms with E-state index < -0.39 is 11.6 Å². The lowest BCUT2D eigenvalue weighted by Gasteiger charge is -2.35. The summed E-state index contributed by atoms with van der Waals surface area (Å²) in [5.41, 5.74) is -0.745. The Morgan fingerprint density at radius 1 is 1.35 bits per heavy atom. The SMILES string of the molecule is COC1(C(=O)NC(C)CC(=O)O)CCCCC1. The number of amides is 1. The molecule has 2 N–H and O–H groups in total. The van der Waals surface area contributed by atoms with Crippen molar-refractivity contribution in [3.8, 4) is 0 Å². The van der Waals surface area contributed by atoms with E-state index in [1.807, 2.05) is 0 Å². The Bertz CT molecular complexity index is 284. The molecular formula is C12H21NO4. The molecule has 1 atom stereocenters. The molecule has 5 heteroatoms. The molecule has 5 nitrogen and oxygen atoms in total. The molecule has 1 rings (SSSR count). The van der Waals surface area contributed by atoms with Crippen LogP contribution in [0.5, 0.6) is 0 Å². The molecule has 1 fully saturated rings. The molecule has 1 unspecified atom stereocenters. The molecule has 0 aromatic rings. The number of carboxylic acid groups (broad SMARTS) is 1. The van der Waals surface area contributed by atoms with Crippen molar-refractivity contribution in [2.75, 3.05) is 7.11 Å². The third-order valence-corrected chi connectivity index (χ3v) is 3.32. The van der Waals surface area contributed by atoms with E-state index in [0.717, 1.165) is 32.1 Å². The van der Waals surface area contributed by atoms with Gasteiger partial charge in [-0.2, -0.15) is 0 Å². The number of carbonyl (C=O) groups excluding carboxylic acids is 1. The summed E-state index contributed by atoms with van der Waals surface area (Å²) in [7, 11) is 1.55. The summed E-state index contributed by atoms with van der Waals surface area (Å²) in [6, 6.07) is -0.367. The normalized spacial score (nSPS) is 20.6. The van der Waals surface area contributed by atoms with Gasteiger partial charge in [-0.05, 0) is 19.8 Å². The Balaban J connectivity index is 2.57. The van der Waals surface area contributed by atoms with Crippen molar-refractivity contribution in [3.05, 3.63) is 0 Å². The first-order valence-electron chi connectivity index (χ1n) is 6.08. The number of carbonyl (C=O) groups is 2. The van der Waals surface area contributed by atoms with Gasteiger partial charge in [0.05, 0.1) is 6.42 Å². The van der Waals surface area contributed by atoms with Crippen LogP contribution in [0.1, 0.15) is 45.4 Å². The highest BCUT2D eigenvalue weighted by atomic mass is 16.5. The van der Waals surface area contributed by atoms with Crippen LogP contribution in [0.4, 0.5) is 0 Å². The zero-order valence-corrected chi connectivity index (χ0v) is 10.5. The standard InChI is InChI=1S/C12H21NO4/c1-9(8-10(14)15)13-11(16)12(17-2)6-4-3-5-7-12/h9H,3-8H2,1-2H3,(H,13,16)(H,14,15). The smallest absolute Gasteiger partial charge is 0.305 e. The largest absolute Gasteiger partial charge is 0.481 e. The zero-order chi connectivity index (χ0) is 12.9. The van der Waals surface area contributed by atoms with E-state index in [9.17, 15) is 9.59 Å². The molecule has 0 saturated heterocycles. The number of aliphatic carboxylic acids is 1. The second kappa shape index (κ2) is 6.00. The van der Waals surface area contributed by atoms with Gasteiger partial charge in [-0.25, -0.2) is 0 Å². The second-order valence-electron chi connectivity index (χ2n) is 4.73. The van der Waals surface area contributed by atoms with Gasteiger partial charge in [0.1, 0.15) is 5.60 Å². The van der Waals surface area contributed by atoms with Crippen molar-refractivity contribution in [1.82, 2.24) is 5.32 Å². The van der Waals surface area contributed by atoms with Gasteiger partial charge in [0.2, 0.25) is 0 Å². The van der Waals surface area contributed by atoms with E-state index in [4.69, 9.17) is 9.84 Å². The molecule has 0 aliphatic heterocycles. The third kappa shape index (κ3) is 3.70. The molecule has 98 valence electrons. The maximum Gasteiger partial charge on any atom is 0.305 e. The summed E-state index contributed by atoms with van der Waals surface area (Å²) in [5, 5.41) is 11.4. The lowest BCUT2D eigenvalue weighted by molar-refractivity contribution is -0.148. The first-order valence-corrected chi connectivity index (χ1v) is 6.08. The molecule has 0 bridgehead atoms. The fourth-order valence-corrected chi connectivity index (χ4v) is 2.32. The van der Waals surface area contributed by atoms with E-state index in [1.165, 1.54) is 0 Å². The van der Waals surface area contributed by atoms with Crippen molar-refractivity contribution in [2.45, 2.75) is 57.1 Å². The summed E-state index contributed by atoms with van der Waals surface area (Å²) in [4.78, 5) is 22.6. The van der Waals surface area contributed by atoms with Crippen LogP contribution in [0.3, 0.4) is 0 Å². The summed E-state index contributed by atoms with van der Waals surface area (Å²) in [5.74, 6) is -1.08. The average Bonchev–Trinajstić information content (AvgIpc) is 2.28. The average molecular weight is 243 g/mol. The second-order valence-corrected chi connectivity index (χ2v) is 4.73. The highest BCUT2D eigenvalue weighted by Gasteiger charge is 2.40. The Kier molecular flexibility index (Phi) is 4.93. The van der Waals surface area contributed by atoms with Crippen LogP contribution in [-0.2, 0) is 14.3 Å². The minimum atomic E-state index is -0.909. The number of carboxylic acids is 1. The summed E-state index contributed by atoms with van der Waals surface area (Å²) < 4.78 is 5.39. The molecular weight excluding hydrogens is 222 g/mol. The predicted octanol–water partition coefficient (Wildman–Crippen LogP) is 1.32. The predicted molar refractivity (Wildman–Crippen MR) is 62.7 cm³/mol. The number of hydrogen-bond donors (Lipinski definition) is 2. The highest BCUT2D eigenvalue weighted by molar-refractivity contribution is 5.86. The van der Waals surface area contributed by atoms with E-state index in [-0.39, 0.29) is 18.4 Å². The molecule has 1 aliphatic carbocycles. The van der Waals surface area contributed by atoms with Crippen LogP contribution < -0.4 is 5.32 Å². The number of ether oxygens (including phenoxy) is 1. The molecule has 0 spiro atoms. The van der Waals surface area contributed by atoms with Crippen molar-refractivity contribution in [2.24, 2.45) is 0 Å². The molecule has 1 saturated carbocycles. The van der Waals surface area contributed by atoms with Crippen LogP contribution >= 0.6 is 0 Å². The van der Waals surface area contributed by atoms with Gasteiger partial charge < -0.3 is 15.2 Å². The minimum Gasteiger partial charge on any atom is -0.481 e. The van der Waals surface area contributed by atoms with Crippen LogP contribution in [0.2, 0.25) is 0 Å². The third-order valence-electron chi connectivity index (χ3n) is 3.32. The van der Waals surface area contributed by atoms with E-state index in [1.54, 1.807) is 14.0 Å². The van der Waals surface area contributed by atoms with Crippen molar-refractivity contribution < 1.29 is 19.4 Å². The van der Waals surface area contributed by atoms with Crippen LogP contribution in [0.15, 0.2) is 0 Å². The Morgan fingerprint density at radius 2 is 1.94 bits per heavy atom. The quantitative estimate of drug-likeness (QED) is 0.763. The van der Waals surface area contributed by atoms with E-state index >= 15 is 0 Å². The number of nitrogens with one attached hydrogen (secondary N) is 1. The van der Waals surface area contributed by atoms with Crippen molar-refractivity contribution >= 4 is 11.9 Å². The van der Waals surface area contributed by atoms with Crippen molar-refractivity contribution in [1.29, 1.82) is 0 Å². The lowest BCUT2D eigenvalue weighted by Crippen LogP contribution is -2.52. The maximum absolute atomic E-state index is 12.1. The lowest BCUT2D eigenvalue weighted by atomic mass is 9.83. The molecule has 1 aliphatic rings. The van der Waals surface area contributed by atoms with E-state index in [0.29, 0.717) is 0 Å². The van der Waals surface area contributed by atoms with Gasteiger partial charge in [0, 0.05) is 13.2 Å². The molecule has 0 heterocycles. The van der Waals surface area contributed by atoms with Crippen LogP contribution in [-0.4, -0.2) is 35.7 Å². The maximum atomic E-state index is 12.1. The Labute approximate surface area is 102 Å². The van der Waals surface area contributed by atoms with Crippen molar-refractivity contribution in [3.63, 3.8) is 0 Å². The molecule has 0 aromatic heterocycles. The summed E-state index contributed by atoms with van der Waals surface area (Å²) in [6.45, 7) is 1.69.